The molecule has 6 nitrogen and oxygen atoms in total. The van der Waals surface area contributed by atoms with Crippen LogP contribution < -0.4 is 10.2 Å². The summed E-state index contributed by atoms with van der Waals surface area (Å²) in [5, 5.41) is 3.89. The van der Waals surface area contributed by atoms with Crippen LogP contribution in [0.15, 0.2) is 48.0 Å². The van der Waals surface area contributed by atoms with Crippen LogP contribution in [0, 0.1) is 0 Å². The molecule has 0 fully saturated rings. The molecule has 1 heterocycles. The lowest BCUT2D eigenvalue weighted by Crippen LogP contribution is -2.19. The van der Waals surface area contributed by atoms with Crippen molar-refractivity contribution in [3.8, 4) is 5.75 Å². The van der Waals surface area contributed by atoms with Crippen molar-refractivity contribution in [2.75, 3.05) is 6.61 Å². The second-order valence-corrected chi connectivity index (χ2v) is 4.56. The van der Waals surface area contributed by atoms with E-state index >= 15 is 0 Å². The summed E-state index contributed by atoms with van der Waals surface area (Å²) in [6.07, 6.45) is 8.05. The normalized spacial score (nSPS) is 10.6. The van der Waals surface area contributed by atoms with Gasteiger partial charge in [-0.05, 0) is 36.2 Å². The van der Waals surface area contributed by atoms with E-state index in [0.29, 0.717) is 0 Å². The zero-order chi connectivity index (χ0) is 15.6. The highest BCUT2D eigenvalue weighted by atomic mass is 16.5. The number of hydrogen-bond acceptors (Lipinski definition) is 5. The maximum absolute atomic E-state index is 11.7. The molecule has 6 heteroatoms. The number of unbranched alkanes of at least 4 members (excludes halogenated alkanes) is 1. The SMILES string of the molecule is CCCCOc1ccc(/C=N\NC(=O)c2cnccn2)cc1. The van der Waals surface area contributed by atoms with E-state index in [1.807, 2.05) is 24.3 Å². The summed E-state index contributed by atoms with van der Waals surface area (Å²) >= 11 is 0. The van der Waals surface area contributed by atoms with Crippen LogP contribution in [0.25, 0.3) is 0 Å². The van der Waals surface area contributed by atoms with Crippen molar-refractivity contribution in [2.45, 2.75) is 19.8 Å². The number of hydrogen-bond donors (Lipinski definition) is 1. The first kappa shape index (κ1) is 15.6. The van der Waals surface area contributed by atoms with Crippen molar-refractivity contribution in [3.63, 3.8) is 0 Å². The minimum atomic E-state index is -0.399. The molecule has 2 rings (SSSR count). The van der Waals surface area contributed by atoms with Crippen molar-refractivity contribution in [1.29, 1.82) is 0 Å². The second kappa shape index (κ2) is 8.51. The minimum absolute atomic E-state index is 0.222. The van der Waals surface area contributed by atoms with Gasteiger partial charge in [-0.1, -0.05) is 13.3 Å². The first-order chi connectivity index (χ1) is 10.8. The molecular formula is C16H18N4O2. The van der Waals surface area contributed by atoms with Gasteiger partial charge in [0, 0.05) is 12.4 Å². The summed E-state index contributed by atoms with van der Waals surface area (Å²) in [7, 11) is 0. The molecular weight excluding hydrogens is 280 g/mol. The van der Waals surface area contributed by atoms with Gasteiger partial charge >= 0.3 is 0 Å². The van der Waals surface area contributed by atoms with Crippen LogP contribution in [0.1, 0.15) is 35.8 Å². The van der Waals surface area contributed by atoms with E-state index in [9.17, 15) is 4.79 Å². The highest BCUT2D eigenvalue weighted by Crippen LogP contribution is 2.11. The Morgan fingerprint density at radius 3 is 2.82 bits per heavy atom. The van der Waals surface area contributed by atoms with Gasteiger partial charge in [-0.25, -0.2) is 10.4 Å². The molecule has 0 atom stereocenters. The number of amides is 1. The number of benzene rings is 1. The predicted molar refractivity (Wildman–Crippen MR) is 83.9 cm³/mol. The molecule has 22 heavy (non-hydrogen) atoms. The fourth-order valence-corrected chi connectivity index (χ4v) is 1.62. The molecule has 0 aliphatic heterocycles. The Labute approximate surface area is 129 Å². The number of carbonyl (C=O) groups excluding carboxylic acids is 1. The first-order valence-electron chi connectivity index (χ1n) is 7.12. The molecule has 114 valence electrons. The third kappa shape index (κ3) is 4.97. The Balaban J connectivity index is 1.84. The van der Waals surface area contributed by atoms with Crippen LogP contribution >= 0.6 is 0 Å². The largest absolute Gasteiger partial charge is 0.494 e. The molecule has 1 amide bonds. The number of hydrazone groups is 1. The van der Waals surface area contributed by atoms with Crippen LogP contribution in [0.5, 0.6) is 5.75 Å². The highest BCUT2D eigenvalue weighted by Gasteiger charge is 2.04. The maximum atomic E-state index is 11.7. The molecule has 0 aliphatic carbocycles. The quantitative estimate of drug-likeness (QED) is 0.484. The summed E-state index contributed by atoms with van der Waals surface area (Å²) < 4.78 is 5.57. The Hall–Kier alpha value is -2.76. The van der Waals surface area contributed by atoms with Gasteiger partial charge in [0.25, 0.3) is 5.91 Å². The van der Waals surface area contributed by atoms with Gasteiger partial charge in [0.15, 0.2) is 0 Å². The summed E-state index contributed by atoms with van der Waals surface area (Å²) in [6, 6.07) is 7.50. The number of aromatic nitrogens is 2. The lowest BCUT2D eigenvalue weighted by molar-refractivity contribution is 0.0949. The lowest BCUT2D eigenvalue weighted by atomic mass is 10.2. The Morgan fingerprint density at radius 1 is 1.32 bits per heavy atom. The third-order valence-electron chi connectivity index (χ3n) is 2.82. The van der Waals surface area contributed by atoms with Gasteiger partial charge in [-0.2, -0.15) is 5.10 Å². The number of carbonyl (C=O) groups is 1. The summed E-state index contributed by atoms with van der Waals surface area (Å²) in [5.41, 5.74) is 3.49. The van der Waals surface area contributed by atoms with Gasteiger partial charge in [0.2, 0.25) is 0 Å². The van der Waals surface area contributed by atoms with Gasteiger partial charge in [0.05, 0.1) is 19.0 Å². The zero-order valence-electron chi connectivity index (χ0n) is 12.4. The fraction of sp³-hybridized carbons (Fsp3) is 0.250. The summed E-state index contributed by atoms with van der Waals surface area (Å²) in [4.78, 5) is 19.4. The lowest BCUT2D eigenvalue weighted by Gasteiger charge is -2.04. The van der Waals surface area contributed by atoms with Crippen molar-refractivity contribution in [3.05, 3.63) is 54.1 Å². The molecule has 0 bridgehead atoms. The van der Waals surface area contributed by atoms with Crippen LogP contribution in [-0.4, -0.2) is 28.7 Å². The van der Waals surface area contributed by atoms with Gasteiger partial charge in [-0.15, -0.1) is 0 Å². The van der Waals surface area contributed by atoms with Crippen LogP contribution in [0.2, 0.25) is 0 Å². The second-order valence-electron chi connectivity index (χ2n) is 4.56. The van der Waals surface area contributed by atoms with Crippen LogP contribution in [0.3, 0.4) is 0 Å². The van der Waals surface area contributed by atoms with Crippen LogP contribution in [-0.2, 0) is 0 Å². The van der Waals surface area contributed by atoms with Crippen molar-refractivity contribution < 1.29 is 9.53 Å². The molecule has 0 unspecified atom stereocenters. The molecule has 1 N–H and O–H groups in total. The van der Waals surface area contributed by atoms with Crippen molar-refractivity contribution >= 4 is 12.1 Å². The summed E-state index contributed by atoms with van der Waals surface area (Å²) in [5.74, 6) is 0.429. The first-order valence-corrected chi connectivity index (χ1v) is 7.12. The molecule has 0 saturated carbocycles. The third-order valence-corrected chi connectivity index (χ3v) is 2.82. The monoisotopic (exact) mass is 298 g/mol. The summed E-state index contributed by atoms with van der Waals surface area (Å²) in [6.45, 7) is 2.84. The smallest absolute Gasteiger partial charge is 0.291 e. The average Bonchev–Trinajstić information content (AvgIpc) is 2.57. The molecule has 2 aromatic rings. The number of rotatable bonds is 7. The molecule has 0 saturated heterocycles. The van der Waals surface area contributed by atoms with Crippen LogP contribution in [0.4, 0.5) is 0 Å². The van der Waals surface area contributed by atoms with E-state index in [1.165, 1.54) is 18.6 Å². The van der Waals surface area contributed by atoms with Gasteiger partial charge in [0.1, 0.15) is 11.4 Å². The minimum Gasteiger partial charge on any atom is -0.494 e. The maximum Gasteiger partial charge on any atom is 0.291 e. The number of nitrogens with one attached hydrogen (secondary N) is 1. The van der Waals surface area contributed by atoms with Crippen molar-refractivity contribution in [1.82, 2.24) is 15.4 Å². The average molecular weight is 298 g/mol. The number of nitrogens with zero attached hydrogens (tertiary/aromatic N) is 3. The van der Waals surface area contributed by atoms with E-state index in [4.69, 9.17) is 4.74 Å². The highest BCUT2D eigenvalue weighted by molar-refractivity contribution is 5.92. The Bertz CT molecular complexity index is 612. The number of ether oxygens (including phenoxy) is 1. The topological polar surface area (TPSA) is 76.5 Å². The van der Waals surface area contributed by atoms with E-state index in [0.717, 1.165) is 30.8 Å². The fourth-order valence-electron chi connectivity index (χ4n) is 1.62. The zero-order valence-corrected chi connectivity index (χ0v) is 12.4. The molecule has 0 spiro atoms. The molecule has 0 aliphatic rings. The molecule has 1 aromatic carbocycles. The van der Waals surface area contributed by atoms with Crippen molar-refractivity contribution in [2.24, 2.45) is 5.10 Å². The molecule has 1 aromatic heterocycles. The molecule has 0 radical (unpaired) electrons. The van der Waals surface area contributed by atoms with E-state index < -0.39 is 5.91 Å². The van der Waals surface area contributed by atoms with E-state index in [2.05, 4.69) is 27.4 Å². The van der Waals surface area contributed by atoms with E-state index in [-0.39, 0.29) is 5.69 Å². The van der Waals surface area contributed by atoms with E-state index in [1.54, 1.807) is 6.21 Å². The Morgan fingerprint density at radius 2 is 2.14 bits per heavy atom. The van der Waals surface area contributed by atoms with Gasteiger partial charge in [-0.3, -0.25) is 9.78 Å². The van der Waals surface area contributed by atoms with Gasteiger partial charge < -0.3 is 4.74 Å². The Kier molecular flexibility index (Phi) is 6.04. The predicted octanol–water partition coefficient (Wildman–Crippen LogP) is 2.42. The standard InChI is InChI=1S/C16H18N4O2/c1-2-3-10-22-14-6-4-13(5-7-14)11-19-20-16(21)15-12-17-8-9-18-15/h4-9,11-12H,2-3,10H2,1H3,(H,20,21)/b19-11-.